The predicted molar refractivity (Wildman–Crippen MR) is 42.5 cm³/mol. The summed E-state index contributed by atoms with van der Waals surface area (Å²) in [4.78, 5) is 0. The lowest BCUT2D eigenvalue weighted by Crippen LogP contribution is -2.23. The van der Waals surface area contributed by atoms with Gasteiger partial charge in [0.2, 0.25) is 0 Å². The molecule has 1 aromatic rings. The van der Waals surface area contributed by atoms with Gasteiger partial charge in [-0.1, -0.05) is 31.1 Å². The van der Waals surface area contributed by atoms with E-state index in [2.05, 4.69) is 31.1 Å². The van der Waals surface area contributed by atoms with Gasteiger partial charge in [0, 0.05) is 0 Å². The zero-order valence-electron chi connectivity index (χ0n) is 6.00. The van der Waals surface area contributed by atoms with E-state index in [1.165, 1.54) is 11.0 Å². The minimum Gasteiger partial charge on any atom is -0.427 e. The van der Waals surface area contributed by atoms with Crippen LogP contribution in [0.4, 0.5) is 0 Å². The predicted octanol–water partition coefficient (Wildman–Crippen LogP) is 1.05. The first kappa shape index (κ1) is 5.99. The molecule has 1 aliphatic rings. The monoisotopic (exact) mass is 132 g/mol. The fourth-order valence-electron chi connectivity index (χ4n) is 1.37. The molecule has 0 saturated carbocycles. The molecule has 0 unspecified atom stereocenters. The van der Waals surface area contributed by atoms with Gasteiger partial charge in [-0.2, -0.15) is 0 Å². The van der Waals surface area contributed by atoms with Crippen LogP contribution in [0.15, 0.2) is 24.3 Å². The average Bonchev–Trinajstić information content (AvgIpc) is 2.34. The minimum absolute atomic E-state index is 0.302. The summed E-state index contributed by atoms with van der Waals surface area (Å²) in [5.74, 6) is 0. The van der Waals surface area contributed by atoms with E-state index in [9.17, 15) is 0 Å². The number of hydrogen-bond donors (Lipinski definition) is 0. The van der Waals surface area contributed by atoms with Crippen molar-refractivity contribution in [2.45, 2.75) is 13.4 Å². The number of hydrogen-bond acceptors (Lipinski definition) is 1. The van der Waals surface area contributed by atoms with E-state index in [1.807, 2.05) is 0 Å². The van der Waals surface area contributed by atoms with E-state index >= 15 is 0 Å². The Morgan fingerprint density at radius 2 is 2.20 bits per heavy atom. The minimum atomic E-state index is 0.302. The molecule has 50 valence electrons. The Morgan fingerprint density at radius 1 is 1.40 bits per heavy atom. The van der Waals surface area contributed by atoms with Crippen molar-refractivity contribution in [3.63, 3.8) is 0 Å². The molecule has 0 atom stereocenters. The lowest BCUT2D eigenvalue weighted by Gasteiger charge is -1.95. The second-order valence-corrected chi connectivity index (χ2v) is 2.65. The Labute approximate surface area is 61.1 Å². The van der Waals surface area contributed by atoms with Crippen molar-refractivity contribution in [3.05, 3.63) is 29.8 Å². The highest BCUT2D eigenvalue weighted by atomic mass is 16.4. The third-order valence-electron chi connectivity index (χ3n) is 1.98. The summed E-state index contributed by atoms with van der Waals surface area (Å²) in [6.45, 7) is 3.18. The molecule has 0 fully saturated rings. The van der Waals surface area contributed by atoms with E-state index < -0.39 is 0 Å². The molecule has 0 aromatic heterocycles. The van der Waals surface area contributed by atoms with Crippen molar-refractivity contribution in [1.82, 2.24) is 0 Å². The second-order valence-electron chi connectivity index (χ2n) is 2.65. The zero-order chi connectivity index (χ0) is 6.97. The van der Waals surface area contributed by atoms with Crippen LogP contribution < -0.4 is 5.46 Å². The highest BCUT2D eigenvalue weighted by Gasteiger charge is 2.21. The van der Waals surface area contributed by atoms with Crippen molar-refractivity contribution in [2.24, 2.45) is 0 Å². The lowest BCUT2D eigenvalue weighted by atomic mass is 9.64. The van der Waals surface area contributed by atoms with E-state index in [0.29, 0.717) is 6.92 Å². The van der Waals surface area contributed by atoms with Gasteiger partial charge in [0.25, 0.3) is 0 Å². The molecule has 1 heterocycles. The SMILES string of the molecule is CB1OCc2ccccc21. The molecule has 0 saturated heterocycles. The maximum Gasteiger partial charge on any atom is 0.324 e. The van der Waals surface area contributed by atoms with Gasteiger partial charge in [0.05, 0.1) is 6.61 Å². The van der Waals surface area contributed by atoms with Crippen LogP contribution in [0.5, 0.6) is 0 Å². The van der Waals surface area contributed by atoms with Crippen molar-refractivity contribution in [1.29, 1.82) is 0 Å². The fourth-order valence-corrected chi connectivity index (χ4v) is 1.37. The number of rotatable bonds is 0. The molecule has 0 bridgehead atoms. The largest absolute Gasteiger partial charge is 0.427 e. The number of fused-ring (bicyclic) bond motifs is 1. The summed E-state index contributed by atoms with van der Waals surface area (Å²) < 4.78 is 5.42. The second kappa shape index (κ2) is 2.13. The molecule has 2 rings (SSSR count). The normalized spacial score (nSPS) is 15.5. The van der Waals surface area contributed by atoms with Gasteiger partial charge < -0.3 is 4.65 Å². The summed E-state index contributed by atoms with van der Waals surface area (Å²) in [5.41, 5.74) is 2.69. The van der Waals surface area contributed by atoms with Gasteiger partial charge >= 0.3 is 6.92 Å². The van der Waals surface area contributed by atoms with E-state index in [-0.39, 0.29) is 0 Å². The van der Waals surface area contributed by atoms with Gasteiger partial charge in [-0.15, -0.1) is 0 Å². The summed E-state index contributed by atoms with van der Waals surface area (Å²) in [6, 6.07) is 8.37. The molecular weight excluding hydrogens is 123 g/mol. The van der Waals surface area contributed by atoms with Crippen LogP contribution in [0.25, 0.3) is 0 Å². The van der Waals surface area contributed by atoms with Crippen LogP contribution in [-0.2, 0) is 11.3 Å². The first-order valence-corrected chi connectivity index (χ1v) is 3.57. The molecule has 1 nitrogen and oxygen atoms in total. The van der Waals surface area contributed by atoms with Gasteiger partial charge in [-0.05, 0) is 11.0 Å². The lowest BCUT2D eigenvalue weighted by molar-refractivity contribution is 0.333. The topological polar surface area (TPSA) is 9.23 Å². The highest BCUT2D eigenvalue weighted by molar-refractivity contribution is 6.67. The highest BCUT2D eigenvalue weighted by Crippen LogP contribution is 2.08. The zero-order valence-corrected chi connectivity index (χ0v) is 6.00. The first-order chi connectivity index (χ1) is 4.88. The van der Waals surface area contributed by atoms with Crippen LogP contribution in [0.2, 0.25) is 6.82 Å². The Morgan fingerprint density at radius 3 is 3.00 bits per heavy atom. The van der Waals surface area contributed by atoms with Gasteiger partial charge in [0.1, 0.15) is 0 Å². The van der Waals surface area contributed by atoms with Gasteiger partial charge in [-0.3, -0.25) is 0 Å². The Hall–Kier alpha value is -0.755. The third kappa shape index (κ3) is 0.763. The maximum atomic E-state index is 5.42. The molecule has 0 amide bonds. The molecule has 0 aliphatic carbocycles. The quantitative estimate of drug-likeness (QED) is 0.479. The van der Waals surface area contributed by atoms with Crippen LogP contribution in [-0.4, -0.2) is 6.92 Å². The molecule has 0 spiro atoms. The first-order valence-electron chi connectivity index (χ1n) is 3.57. The summed E-state index contributed by atoms with van der Waals surface area (Å²) in [6.07, 6.45) is 0. The summed E-state index contributed by atoms with van der Waals surface area (Å²) in [5, 5.41) is 0. The van der Waals surface area contributed by atoms with E-state index in [0.717, 1.165) is 6.61 Å². The third-order valence-corrected chi connectivity index (χ3v) is 1.98. The molecule has 1 aliphatic heterocycles. The van der Waals surface area contributed by atoms with E-state index in [1.54, 1.807) is 0 Å². The van der Waals surface area contributed by atoms with Crippen molar-refractivity contribution >= 4 is 12.4 Å². The van der Waals surface area contributed by atoms with Gasteiger partial charge in [0.15, 0.2) is 0 Å². The van der Waals surface area contributed by atoms with E-state index in [4.69, 9.17) is 4.65 Å². The number of benzene rings is 1. The molecule has 1 aromatic carbocycles. The molecule has 2 heteroatoms. The Balaban J connectivity index is 2.51. The fraction of sp³-hybridized carbons (Fsp3) is 0.250. The van der Waals surface area contributed by atoms with Crippen molar-refractivity contribution in [2.75, 3.05) is 0 Å². The van der Waals surface area contributed by atoms with Crippen LogP contribution >= 0.6 is 0 Å². The maximum absolute atomic E-state index is 5.42. The molecular formula is C8H9BO. The standard InChI is InChI=1S/C8H9BO/c1-9-8-5-3-2-4-7(8)6-10-9/h2-5H,6H2,1H3. The van der Waals surface area contributed by atoms with Crippen molar-refractivity contribution in [3.8, 4) is 0 Å². The Bertz CT molecular complexity index is 247. The van der Waals surface area contributed by atoms with Crippen LogP contribution in [0, 0.1) is 0 Å². The molecule has 0 N–H and O–H groups in total. The Kier molecular flexibility index (Phi) is 1.28. The van der Waals surface area contributed by atoms with Gasteiger partial charge in [-0.25, -0.2) is 0 Å². The average molecular weight is 132 g/mol. The smallest absolute Gasteiger partial charge is 0.324 e. The summed E-state index contributed by atoms with van der Waals surface area (Å²) in [7, 11) is 0. The van der Waals surface area contributed by atoms with Crippen LogP contribution in [0.3, 0.4) is 0 Å². The summed E-state index contributed by atoms with van der Waals surface area (Å²) >= 11 is 0. The van der Waals surface area contributed by atoms with Crippen molar-refractivity contribution < 1.29 is 4.65 Å². The van der Waals surface area contributed by atoms with Crippen LogP contribution in [0.1, 0.15) is 5.56 Å². The molecule has 10 heavy (non-hydrogen) atoms. The molecule has 0 radical (unpaired) electrons.